The quantitative estimate of drug-likeness (QED) is 0.610. The summed E-state index contributed by atoms with van der Waals surface area (Å²) in [7, 11) is 0. The van der Waals surface area contributed by atoms with E-state index in [-0.39, 0.29) is 11.4 Å². The molecule has 1 aromatic rings. The molecule has 19 heavy (non-hydrogen) atoms. The van der Waals surface area contributed by atoms with Crippen molar-refractivity contribution in [1.29, 1.82) is 0 Å². The van der Waals surface area contributed by atoms with Crippen molar-refractivity contribution in [2.24, 2.45) is 0 Å². The number of hydrogen-bond donors (Lipinski definition) is 2. The molecule has 0 saturated heterocycles. The Kier molecular flexibility index (Phi) is 4.47. The summed E-state index contributed by atoms with van der Waals surface area (Å²) >= 11 is 0. The lowest BCUT2D eigenvalue weighted by Gasteiger charge is -2.26. The third kappa shape index (κ3) is 3.43. The molecular formula is C13H18N2O4. The van der Waals surface area contributed by atoms with Gasteiger partial charge >= 0.3 is 5.97 Å². The second kappa shape index (κ2) is 5.69. The zero-order chi connectivity index (χ0) is 14.6. The fourth-order valence-corrected chi connectivity index (χ4v) is 1.92. The first-order valence-corrected chi connectivity index (χ1v) is 6.07. The van der Waals surface area contributed by atoms with Gasteiger partial charge in [0.1, 0.15) is 11.2 Å². The summed E-state index contributed by atoms with van der Waals surface area (Å²) in [6.45, 7) is 5.15. The van der Waals surface area contributed by atoms with Crippen LogP contribution in [0.1, 0.15) is 32.3 Å². The van der Waals surface area contributed by atoms with Crippen molar-refractivity contribution >= 4 is 17.3 Å². The lowest BCUT2D eigenvalue weighted by atomic mass is 9.95. The van der Waals surface area contributed by atoms with E-state index in [0.717, 1.165) is 5.56 Å². The minimum absolute atomic E-state index is 0.108. The highest BCUT2D eigenvalue weighted by Gasteiger charge is 2.33. The van der Waals surface area contributed by atoms with Crippen molar-refractivity contribution in [2.75, 3.05) is 5.32 Å². The van der Waals surface area contributed by atoms with Crippen molar-refractivity contribution in [3.63, 3.8) is 0 Å². The van der Waals surface area contributed by atoms with Crippen molar-refractivity contribution in [3.8, 4) is 0 Å². The molecule has 6 nitrogen and oxygen atoms in total. The maximum atomic E-state index is 11.3. The minimum Gasteiger partial charge on any atom is -0.480 e. The van der Waals surface area contributed by atoms with Crippen LogP contribution in [-0.2, 0) is 4.79 Å². The van der Waals surface area contributed by atoms with Gasteiger partial charge < -0.3 is 10.4 Å². The Bertz CT molecular complexity index is 501. The molecule has 6 heteroatoms. The monoisotopic (exact) mass is 266 g/mol. The molecule has 0 amide bonds. The van der Waals surface area contributed by atoms with E-state index in [1.54, 1.807) is 19.1 Å². The largest absolute Gasteiger partial charge is 0.480 e. The lowest BCUT2D eigenvalue weighted by molar-refractivity contribution is -0.384. The molecule has 0 bridgehead atoms. The number of nitro benzene ring substituents is 1. The Morgan fingerprint density at radius 1 is 1.53 bits per heavy atom. The number of benzene rings is 1. The van der Waals surface area contributed by atoms with E-state index in [1.807, 2.05) is 6.92 Å². The lowest BCUT2D eigenvalue weighted by Crippen LogP contribution is -2.43. The second-order valence-corrected chi connectivity index (χ2v) is 4.79. The standard InChI is InChI=1S/C13H18N2O4/c1-4-7-13(3,12(16)17)14-10-6-5-9(2)8-11(10)15(18)19/h5-6,8,14H,4,7H2,1-3H3,(H,16,17). The van der Waals surface area contributed by atoms with E-state index < -0.39 is 16.4 Å². The van der Waals surface area contributed by atoms with Crippen LogP contribution < -0.4 is 5.32 Å². The van der Waals surface area contributed by atoms with Gasteiger partial charge in [-0.05, 0) is 31.9 Å². The molecule has 1 rings (SSSR count). The first kappa shape index (κ1) is 14.9. The van der Waals surface area contributed by atoms with Gasteiger partial charge in [-0.3, -0.25) is 10.1 Å². The van der Waals surface area contributed by atoms with Gasteiger partial charge in [0.2, 0.25) is 0 Å². The summed E-state index contributed by atoms with van der Waals surface area (Å²) in [5, 5.41) is 23.1. The van der Waals surface area contributed by atoms with Gasteiger partial charge in [-0.15, -0.1) is 0 Å². The molecule has 0 spiro atoms. The molecule has 0 aliphatic heterocycles. The normalized spacial score (nSPS) is 13.6. The van der Waals surface area contributed by atoms with E-state index in [0.29, 0.717) is 12.8 Å². The highest BCUT2D eigenvalue weighted by Crippen LogP contribution is 2.29. The molecule has 2 N–H and O–H groups in total. The predicted molar refractivity (Wildman–Crippen MR) is 72.4 cm³/mol. The van der Waals surface area contributed by atoms with E-state index in [4.69, 9.17) is 0 Å². The van der Waals surface area contributed by atoms with Crippen LogP contribution in [0.4, 0.5) is 11.4 Å². The summed E-state index contributed by atoms with van der Waals surface area (Å²) in [6.07, 6.45) is 1.04. The van der Waals surface area contributed by atoms with Gasteiger partial charge in [-0.25, -0.2) is 4.79 Å². The van der Waals surface area contributed by atoms with Crippen LogP contribution in [-0.4, -0.2) is 21.5 Å². The third-order valence-corrected chi connectivity index (χ3v) is 2.98. The van der Waals surface area contributed by atoms with Crippen molar-refractivity contribution in [2.45, 2.75) is 39.2 Å². The number of carboxylic acid groups (broad SMARTS) is 1. The summed E-state index contributed by atoms with van der Waals surface area (Å²) in [5.74, 6) is -1.02. The number of nitrogens with one attached hydrogen (secondary N) is 1. The molecule has 0 radical (unpaired) electrons. The summed E-state index contributed by atoms with van der Waals surface area (Å²) < 4.78 is 0. The zero-order valence-corrected chi connectivity index (χ0v) is 11.3. The van der Waals surface area contributed by atoms with Gasteiger partial charge in [0.05, 0.1) is 4.92 Å². The number of carbonyl (C=O) groups is 1. The van der Waals surface area contributed by atoms with Crippen LogP contribution >= 0.6 is 0 Å². The Morgan fingerprint density at radius 2 is 2.16 bits per heavy atom. The van der Waals surface area contributed by atoms with Gasteiger partial charge in [-0.2, -0.15) is 0 Å². The molecule has 1 atom stereocenters. The molecule has 0 aliphatic rings. The highest BCUT2D eigenvalue weighted by molar-refractivity contribution is 5.83. The number of aliphatic carboxylic acids is 1. The Morgan fingerprint density at radius 3 is 2.63 bits per heavy atom. The first-order chi connectivity index (χ1) is 8.80. The number of nitro groups is 1. The predicted octanol–water partition coefficient (Wildman–Crippen LogP) is 2.96. The van der Waals surface area contributed by atoms with Crippen LogP contribution in [0, 0.1) is 17.0 Å². The number of rotatable bonds is 6. The van der Waals surface area contributed by atoms with E-state index >= 15 is 0 Å². The Hall–Kier alpha value is -2.11. The molecule has 0 saturated carbocycles. The van der Waals surface area contributed by atoms with Crippen LogP contribution in [0.3, 0.4) is 0 Å². The highest BCUT2D eigenvalue weighted by atomic mass is 16.6. The van der Waals surface area contributed by atoms with Crippen LogP contribution in [0.2, 0.25) is 0 Å². The maximum absolute atomic E-state index is 11.3. The molecule has 0 heterocycles. The van der Waals surface area contributed by atoms with Gasteiger partial charge in [0, 0.05) is 6.07 Å². The fourth-order valence-electron chi connectivity index (χ4n) is 1.92. The van der Waals surface area contributed by atoms with Crippen molar-refractivity contribution in [3.05, 3.63) is 33.9 Å². The van der Waals surface area contributed by atoms with Crippen LogP contribution in [0.25, 0.3) is 0 Å². The fraction of sp³-hybridized carbons (Fsp3) is 0.462. The third-order valence-electron chi connectivity index (χ3n) is 2.98. The molecule has 0 aromatic heterocycles. The SMILES string of the molecule is CCCC(C)(Nc1ccc(C)cc1[N+](=O)[O-])C(=O)O. The van der Waals surface area contributed by atoms with E-state index in [1.165, 1.54) is 13.0 Å². The second-order valence-electron chi connectivity index (χ2n) is 4.79. The number of nitrogens with zero attached hydrogens (tertiary/aromatic N) is 1. The maximum Gasteiger partial charge on any atom is 0.329 e. The molecule has 0 aliphatic carbocycles. The molecule has 1 aromatic carbocycles. The molecule has 104 valence electrons. The average molecular weight is 266 g/mol. The van der Waals surface area contributed by atoms with Crippen molar-refractivity contribution in [1.82, 2.24) is 0 Å². The summed E-state index contributed by atoms with van der Waals surface area (Å²) in [5.41, 5.74) is -0.336. The number of carboxylic acids is 1. The van der Waals surface area contributed by atoms with E-state index in [9.17, 15) is 20.0 Å². The van der Waals surface area contributed by atoms with E-state index in [2.05, 4.69) is 5.32 Å². The Balaban J connectivity index is 3.16. The zero-order valence-electron chi connectivity index (χ0n) is 11.3. The molecule has 0 fully saturated rings. The van der Waals surface area contributed by atoms with Crippen LogP contribution in [0.15, 0.2) is 18.2 Å². The number of hydrogen-bond acceptors (Lipinski definition) is 4. The van der Waals surface area contributed by atoms with Gasteiger partial charge in [0.15, 0.2) is 0 Å². The van der Waals surface area contributed by atoms with Gasteiger partial charge in [0.25, 0.3) is 5.69 Å². The molecular weight excluding hydrogens is 248 g/mol. The molecule has 1 unspecified atom stereocenters. The summed E-state index contributed by atoms with van der Waals surface area (Å²) in [6, 6.07) is 4.68. The minimum atomic E-state index is -1.21. The number of aryl methyl sites for hydroxylation is 1. The smallest absolute Gasteiger partial charge is 0.329 e. The van der Waals surface area contributed by atoms with Gasteiger partial charge in [-0.1, -0.05) is 19.4 Å². The summed E-state index contributed by atoms with van der Waals surface area (Å²) in [4.78, 5) is 21.8. The average Bonchev–Trinajstić information content (AvgIpc) is 2.31. The topological polar surface area (TPSA) is 92.5 Å². The van der Waals surface area contributed by atoms with Crippen LogP contribution in [0.5, 0.6) is 0 Å². The number of anilines is 1. The van der Waals surface area contributed by atoms with Crippen molar-refractivity contribution < 1.29 is 14.8 Å². The Labute approximate surface area is 111 Å². The first-order valence-electron chi connectivity index (χ1n) is 6.07.